The van der Waals surface area contributed by atoms with Crippen molar-refractivity contribution in [3.05, 3.63) is 34.9 Å². The molecule has 1 heterocycles. The minimum absolute atomic E-state index is 0.395. The van der Waals surface area contributed by atoms with E-state index in [9.17, 15) is 0 Å². The molecule has 1 aliphatic heterocycles. The molecule has 1 N–H and O–H groups in total. The maximum Gasteiger partial charge on any atom is 0.0882 e. The van der Waals surface area contributed by atoms with Gasteiger partial charge in [-0.15, -0.1) is 0 Å². The zero-order valence-electron chi connectivity index (χ0n) is 12.0. The lowest BCUT2D eigenvalue weighted by Gasteiger charge is -2.39. The summed E-state index contributed by atoms with van der Waals surface area (Å²) in [5.41, 5.74) is 4.16. The fourth-order valence-electron chi connectivity index (χ4n) is 2.69. The van der Waals surface area contributed by atoms with Gasteiger partial charge in [0, 0.05) is 26.2 Å². The molecule has 3 heteroatoms. The van der Waals surface area contributed by atoms with Crippen molar-refractivity contribution < 1.29 is 0 Å². The molecule has 0 spiro atoms. The van der Waals surface area contributed by atoms with Crippen LogP contribution in [-0.2, 0) is 0 Å². The monoisotopic (exact) mass is 247 g/mol. The second-order valence-electron chi connectivity index (χ2n) is 5.47. The lowest BCUT2D eigenvalue weighted by Crippen LogP contribution is -2.48. The first-order chi connectivity index (χ1) is 8.59. The van der Waals surface area contributed by atoms with Gasteiger partial charge < -0.3 is 5.32 Å². The summed E-state index contributed by atoms with van der Waals surface area (Å²) in [6, 6.07) is 6.85. The molecule has 3 nitrogen and oxygen atoms in total. The Labute approximate surface area is 111 Å². The van der Waals surface area contributed by atoms with Gasteiger partial charge in [0.05, 0.1) is 6.17 Å². The third kappa shape index (κ3) is 2.91. The molecule has 0 aromatic heterocycles. The Bertz CT molecular complexity index is 395. The molecular weight excluding hydrogens is 222 g/mol. The van der Waals surface area contributed by atoms with Crippen LogP contribution in [0.25, 0.3) is 0 Å². The molecule has 100 valence electrons. The Balaban J connectivity index is 2.25. The number of hydrogen-bond donors (Lipinski definition) is 1. The van der Waals surface area contributed by atoms with Crippen molar-refractivity contribution >= 4 is 0 Å². The van der Waals surface area contributed by atoms with Crippen LogP contribution < -0.4 is 5.32 Å². The van der Waals surface area contributed by atoms with Gasteiger partial charge in [0.25, 0.3) is 0 Å². The van der Waals surface area contributed by atoms with Gasteiger partial charge in [-0.25, -0.2) is 0 Å². The Morgan fingerprint density at radius 2 is 1.78 bits per heavy atom. The lowest BCUT2D eigenvalue weighted by atomic mass is 10.0. The number of benzene rings is 1. The van der Waals surface area contributed by atoms with Crippen LogP contribution in [0.4, 0.5) is 0 Å². The second kappa shape index (κ2) is 5.83. The SMILES string of the molecule is Cc1ccc(C(N(C)C)N2CCNCC2)cc1C. The summed E-state index contributed by atoms with van der Waals surface area (Å²) in [5, 5.41) is 3.42. The van der Waals surface area contributed by atoms with E-state index in [1.807, 2.05) is 0 Å². The van der Waals surface area contributed by atoms with Crippen molar-refractivity contribution in [1.82, 2.24) is 15.1 Å². The molecule has 0 saturated carbocycles. The first-order valence-corrected chi connectivity index (χ1v) is 6.78. The number of rotatable bonds is 3. The van der Waals surface area contributed by atoms with Crippen LogP contribution >= 0.6 is 0 Å². The minimum Gasteiger partial charge on any atom is -0.314 e. The zero-order chi connectivity index (χ0) is 13.1. The third-order valence-corrected chi connectivity index (χ3v) is 3.82. The molecule has 1 aliphatic rings. The highest BCUT2D eigenvalue weighted by molar-refractivity contribution is 5.31. The first-order valence-electron chi connectivity index (χ1n) is 6.78. The first kappa shape index (κ1) is 13.5. The fraction of sp³-hybridized carbons (Fsp3) is 0.600. The van der Waals surface area contributed by atoms with Crippen molar-refractivity contribution in [1.29, 1.82) is 0 Å². The summed E-state index contributed by atoms with van der Waals surface area (Å²) in [6.07, 6.45) is 0.395. The van der Waals surface area contributed by atoms with Gasteiger partial charge in [-0.3, -0.25) is 9.80 Å². The van der Waals surface area contributed by atoms with Gasteiger partial charge in [-0.1, -0.05) is 18.2 Å². The minimum atomic E-state index is 0.395. The summed E-state index contributed by atoms with van der Waals surface area (Å²) in [6.45, 7) is 8.80. The van der Waals surface area contributed by atoms with Gasteiger partial charge in [-0.05, 0) is 44.6 Å². The second-order valence-corrected chi connectivity index (χ2v) is 5.47. The van der Waals surface area contributed by atoms with Crippen LogP contribution in [-0.4, -0.2) is 50.1 Å². The maximum absolute atomic E-state index is 3.42. The largest absolute Gasteiger partial charge is 0.314 e. The Morgan fingerprint density at radius 1 is 1.11 bits per heavy atom. The molecule has 2 rings (SSSR count). The summed E-state index contributed by atoms with van der Waals surface area (Å²) in [5.74, 6) is 0. The molecule has 1 aromatic rings. The molecule has 0 amide bonds. The molecule has 0 radical (unpaired) electrons. The number of hydrogen-bond acceptors (Lipinski definition) is 3. The van der Waals surface area contributed by atoms with E-state index < -0.39 is 0 Å². The standard InChI is InChI=1S/C15H25N3/c1-12-5-6-14(11-13(12)2)15(17(3)4)18-9-7-16-8-10-18/h5-6,11,15-16H,7-10H2,1-4H3. The number of piperazine rings is 1. The van der Waals surface area contributed by atoms with Crippen LogP contribution in [0.3, 0.4) is 0 Å². The van der Waals surface area contributed by atoms with Crippen molar-refractivity contribution in [2.24, 2.45) is 0 Å². The highest BCUT2D eigenvalue weighted by atomic mass is 15.3. The van der Waals surface area contributed by atoms with E-state index in [0.717, 1.165) is 26.2 Å². The fourth-order valence-corrected chi connectivity index (χ4v) is 2.69. The van der Waals surface area contributed by atoms with Crippen molar-refractivity contribution in [2.45, 2.75) is 20.0 Å². The normalized spacial score (nSPS) is 19.2. The summed E-state index contributed by atoms with van der Waals surface area (Å²) in [7, 11) is 4.34. The van der Waals surface area contributed by atoms with Crippen LogP contribution in [0.2, 0.25) is 0 Å². The van der Waals surface area contributed by atoms with Crippen LogP contribution in [0.5, 0.6) is 0 Å². The van der Waals surface area contributed by atoms with E-state index in [4.69, 9.17) is 0 Å². The van der Waals surface area contributed by atoms with E-state index in [2.05, 4.69) is 61.3 Å². The number of nitrogens with one attached hydrogen (secondary N) is 1. The summed E-state index contributed by atoms with van der Waals surface area (Å²) >= 11 is 0. The van der Waals surface area contributed by atoms with E-state index in [-0.39, 0.29) is 0 Å². The average molecular weight is 247 g/mol. The third-order valence-electron chi connectivity index (χ3n) is 3.82. The molecule has 1 fully saturated rings. The molecule has 0 bridgehead atoms. The van der Waals surface area contributed by atoms with Gasteiger partial charge in [0.2, 0.25) is 0 Å². The summed E-state index contributed by atoms with van der Waals surface area (Å²) in [4.78, 5) is 4.87. The maximum atomic E-state index is 3.42. The molecule has 1 atom stereocenters. The molecule has 1 unspecified atom stereocenters. The van der Waals surface area contributed by atoms with Gasteiger partial charge in [-0.2, -0.15) is 0 Å². The highest BCUT2D eigenvalue weighted by Gasteiger charge is 2.23. The van der Waals surface area contributed by atoms with Crippen molar-refractivity contribution in [2.75, 3.05) is 40.3 Å². The van der Waals surface area contributed by atoms with Gasteiger partial charge in [0.1, 0.15) is 0 Å². The molecule has 1 saturated heterocycles. The smallest absolute Gasteiger partial charge is 0.0882 e. The van der Waals surface area contributed by atoms with E-state index in [1.165, 1.54) is 16.7 Å². The number of nitrogens with zero attached hydrogens (tertiary/aromatic N) is 2. The van der Waals surface area contributed by atoms with Crippen molar-refractivity contribution in [3.8, 4) is 0 Å². The van der Waals surface area contributed by atoms with Crippen LogP contribution in [0, 0.1) is 13.8 Å². The molecule has 18 heavy (non-hydrogen) atoms. The van der Waals surface area contributed by atoms with E-state index in [0.29, 0.717) is 6.17 Å². The topological polar surface area (TPSA) is 18.5 Å². The van der Waals surface area contributed by atoms with E-state index >= 15 is 0 Å². The molecule has 1 aromatic carbocycles. The Kier molecular flexibility index (Phi) is 4.38. The molecule has 0 aliphatic carbocycles. The predicted octanol–water partition coefficient (Wildman–Crippen LogP) is 1.77. The predicted molar refractivity (Wildman–Crippen MR) is 76.8 cm³/mol. The Hall–Kier alpha value is -0.900. The van der Waals surface area contributed by atoms with Gasteiger partial charge >= 0.3 is 0 Å². The van der Waals surface area contributed by atoms with Crippen LogP contribution in [0.1, 0.15) is 22.9 Å². The zero-order valence-corrected chi connectivity index (χ0v) is 12.0. The lowest BCUT2D eigenvalue weighted by molar-refractivity contribution is 0.0672. The van der Waals surface area contributed by atoms with Crippen LogP contribution in [0.15, 0.2) is 18.2 Å². The Morgan fingerprint density at radius 3 is 2.33 bits per heavy atom. The highest BCUT2D eigenvalue weighted by Crippen LogP contribution is 2.25. The van der Waals surface area contributed by atoms with E-state index in [1.54, 1.807) is 0 Å². The summed E-state index contributed by atoms with van der Waals surface area (Å²) < 4.78 is 0. The average Bonchev–Trinajstić information content (AvgIpc) is 2.35. The quantitative estimate of drug-likeness (QED) is 0.878. The molecular formula is C15H25N3. The van der Waals surface area contributed by atoms with Crippen molar-refractivity contribution in [3.63, 3.8) is 0 Å². The van der Waals surface area contributed by atoms with Gasteiger partial charge in [0.15, 0.2) is 0 Å². The number of aryl methyl sites for hydroxylation is 2.